The molecular weight excluding hydrogens is 453 g/mol. The number of halogens is 2. The van der Waals surface area contributed by atoms with Crippen LogP contribution in [-0.2, 0) is 12.4 Å². The number of methoxy groups -OCH3 is 1. The molecule has 0 amide bonds. The molecule has 5 nitrogen and oxygen atoms in total. The highest BCUT2D eigenvalue weighted by Gasteiger charge is 2.08. The van der Waals surface area contributed by atoms with Crippen LogP contribution in [0.15, 0.2) is 76.9 Å². The van der Waals surface area contributed by atoms with E-state index >= 15 is 0 Å². The van der Waals surface area contributed by atoms with Crippen molar-refractivity contribution in [3.05, 3.63) is 93.5 Å². The fraction of sp³-hybridized carbons (Fsp3) is 0.130. The number of ether oxygens (including phenoxy) is 2. The number of nitrogens with two attached hydrogens (primary N) is 1. The fourth-order valence-electron chi connectivity index (χ4n) is 2.65. The van der Waals surface area contributed by atoms with Gasteiger partial charge in [-0.25, -0.2) is 0 Å². The van der Waals surface area contributed by atoms with Crippen molar-refractivity contribution in [2.45, 2.75) is 12.4 Å². The van der Waals surface area contributed by atoms with Gasteiger partial charge < -0.3 is 15.2 Å². The third kappa shape index (κ3) is 7.21. The Morgan fingerprint density at radius 1 is 1.03 bits per heavy atom. The molecule has 0 radical (unpaired) electrons. The molecule has 0 saturated heterocycles. The minimum absolute atomic E-state index is 0.268. The SMILES string of the molecule is COc1ccc(C=NN=C(N)SCc2ccccc2)cc1COc1ccc(Cl)cc1Cl. The van der Waals surface area contributed by atoms with Crippen LogP contribution in [0.3, 0.4) is 0 Å². The zero-order chi connectivity index (χ0) is 22.1. The van der Waals surface area contributed by atoms with Crippen LogP contribution in [0.25, 0.3) is 0 Å². The number of rotatable bonds is 8. The molecule has 0 spiro atoms. The molecule has 0 aliphatic rings. The zero-order valence-electron chi connectivity index (χ0n) is 16.8. The molecule has 160 valence electrons. The van der Waals surface area contributed by atoms with E-state index in [4.69, 9.17) is 38.4 Å². The molecule has 0 aliphatic carbocycles. The van der Waals surface area contributed by atoms with Crippen LogP contribution in [0.5, 0.6) is 11.5 Å². The number of amidine groups is 1. The second kappa shape index (κ2) is 11.6. The molecule has 31 heavy (non-hydrogen) atoms. The van der Waals surface area contributed by atoms with Gasteiger partial charge in [0.1, 0.15) is 18.1 Å². The Bertz CT molecular complexity index is 1080. The number of nitrogens with zero attached hydrogens (tertiary/aromatic N) is 2. The first kappa shape index (κ1) is 23.0. The smallest absolute Gasteiger partial charge is 0.180 e. The van der Waals surface area contributed by atoms with Crippen molar-refractivity contribution >= 4 is 46.3 Å². The van der Waals surface area contributed by atoms with Gasteiger partial charge in [0.05, 0.1) is 18.3 Å². The first-order valence-corrected chi connectivity index (χ1v) is 11.1. The lowest BCUT2D eigenvalue weighted by molar-refractivity contribution is 0.297. The molecule has 0 fully saturated rings. The van der Waals surface area contributed by atoms with Crippen LogP contribution in [0.1, 0.15) is 16.7 Å². The van der Waals surface area contributed by atoms with E-state index in [0.717, 1.165) is 16.9 Å². The fourth-order valence-corrected chi connectivity index (χ4v) is 3.73. The van der Waals surface area contributed by atoms with Gasteiger partial charge in [0.15, 0.2) is 5.17 Å². The predicted molar refractivity (Wildman–Crippen MR) is 131 cm³/mol. The van der Waals surface area contributed by atoms with E-state index in [-0.39, 0.29) is 6.61 Å². The number of hydrogen-bond acceptors (Lipinski definition) is 5. The van der Waals surface area contributed by atoms with E-state index in [2.05, 4.69) is 10.2 Å². The molecule has 2 N–H and O–H groups in total. The lowest BCUT2D eigenvalue weighted by Gasteiger charge is -2.12. The molecule has 3 rings (SSSR count). The monoisotopic (exact) mass is 473 g/mol. The van der Waals surface area contributed by atoms with Crippen molar-refractivity contribution in [3.63, 3.8) is 0 Å². The van der Waals surface area contributed by atoms with Crippen LogP contribution in [0.4, 0.5) is 0 Å². The van der Waals surface area contributed by atoms with Crippen molar-refractivity contribution in [3.8, 4) is 11.5 Å². The molecule has 3 aromatic carbocycles. The summed E-state index contributed by atoms with van der Waals surface area (Å²) in [5.74, 6) is 1.98. The van der Waals surface area contributed by atoms with Crippen LogP contribution >= 0.6 is 35.0 Å². The van der Waals surface area contributed by atoms with E-state index in [9.17, 15) is 0 Å². The van der Waals surface area contributed by atoms with Gasteiger partial charge in [0.25, 0.3) is 0 Å². The van der Waals surface area contributed by atoms with Crippen molar-refractivity contribution in [1.82, 2.24) is 0 Å². The van der Waals surface area contributed by atoms with Crippen LogP contribution in [0, 0.1) is 0 Å². The number of hydrogen-bond donors (Lipinski definition) is 1. The Labute approximate surface area is 195 Å². The third-order valence-corrected chi connectivity index (χ3v) is 5.56. The van der Waals surface area contributed by atoms with Gasteiger partial charge in [-0.05, 0) is 47.5 Å². The van der Waals surface area contributed by atoms with Gasteiger partial charge in [-0.3, -0.25) is 0 Å². The van der Waals surface area contributed by atoms with Gasteiger partial charge >= 0.3 is 0 Å². The van der Waals surface area contributed by atoms with Gasteiger partial charge in [-0.1, -0.05) is 65.3 Å². The highest BCUT2D eigenvalue weighted by molar-refractivity contribution is 8.13. The summed E-state index contributed by atoms with van der Waals surface area (Å²) in [6, 6.07) is 20.8. The summed E-state index contributed by atoms with van der Waals surface area (Å²) in [5.41, 5.74) is 8.79. The van der Waals surface area contributed by atoms with Crippen LogP contribution < -0.4 is 15.2 Å². The minimum Gasteiger partial charge on any atom is -0.496 e. The van der Waals surface area contributed by atoms with Crippen molar-refractivity contribution < 1.29 is 9.47 Å². The van der Waals surface area contributed by atoms with Gasteiger partial charge in [-0.15, -0.1) is 5.10 Å². The molecule has 0 aliphatic heterocycles. The van der Waals surface area contributed by atoms with Gasteiger partial charge in [0, 0.05) is 16.3 Å². The van der Waals surface area contributed by atoms with Crippen molar-refractivity contribution in [1.29, 1.82) is 0 Å². The van der Waals surface area contributed by atoms with Crippen LogP contribution in [0.2, 0.25) is 10.0 Å². The molecule has 0 atom stereocenters. The predicted octanol–water partition coefficient (Wildman–Crippen LogP) is 6.16. The Hall–Kier alpha value is -2.67. The normalized spacial score (nSPS) is 11.6. The minimum atomic E-state index is 0.268. The van der Waals surface area contributed by atoms with E-state index in [1.807, 2.05) is 48.5 Å². The highest BCUT2D eigenvalue weighted by atomic mass is 35.5. The summed E-state index contributed by atoms with van der Waals surface area (Å²) in [4.78, 5) is 0. The highest BCUT2D eigenvalue weighted by Crippen LogP contribution is 2.29. The largest absolute Gasteiger partial charge is 0.496 e. The average molecular weight is 474 g/mol. The van der Waals surface area contributed by atoms with E-state index in [1.165, 1.54) is 17.3 Å². The third-order valence-electron chi connectivity index (χ3n) is 4.17. The standard InChI is InChI=1S/C23H21Cl2N3O2S/c1-29-21-9-7-17(11-18(21)14-30-22-10-8-19(24)12-20(22)25)13-27-28-23(26)31-15-16-5-3-2-4-6-16/h2-13H,14-15H2,1H3,(H2,26,28). The summed E-state index contributed by atoms with van der Waals surface area (Å²) < 4.78 is 11.3. The van der Waals surface area contributed by atoms with Crippen molar-refractivity contribution in [2.24, 2.45) is 15.9 Å². The van der Waals surface area contributed by atoms with E-state index in [0.29, 0.717) is 26.7 Å². The second-order valence-electron chi connectivity index (χ2n) is 6.39. The van der Waals surface area contributed by atoms with Gasteiger partial charge in [-0.2, -0.15) is 5.10 Å². The average Bonchev–Trinajstić information content (AvgIpc) is 2.78. The maximum atomic E-state index is 6.17. The maximum Gasteiger partial charge on any atom is 0.180 e. The maximum absolute atomic E-state index is 6.17. The first-order valence-electron chi connectivity index (χ1n) is 9.33. The van der Waals surface area contributed by atoms with E-state index in [1.54, 1.807) is 31.5 Å². The summed E-state index contributed by atoms with van der Waals surface area (Å²) in [5, 5.41) is 9.54. The Morgan fingerprint density at radius 2 is 1.81 bits per heavy atom. The second-order valence-corrected chi connectivity index (χ2v) is 8.23. The lowest BCUT2D eigenvalue weighted by Crippen LogP contribution is -2.06. The first-order chi connectivity index (χ1) is 15.0. The number of benzene rings is 3. The van der Waals surface area contributed by atoms with Crippen molar-refractivity contribution in [2.75, 3.05) is 7.11 Å². The summed E-state index contributed by atoms with van der Waals surface area (Å²) in [7, 11) is 1.61. The molecular formula is C23H21Cl2N3O2S. The Morgan fingerprint density at radius 3 is 2.55 bits per heavy atom. The molecule has 3 aromatic rings. The molecule has 8 heteroatoms. The molecule has 0 heterocycles. The molecule has 0 unspecified atom stereocenters. The molecule has 0 bridgehead atoms. The Balaban J connectivity index is 1.63. The topological polar surface area (TPSA) is 69.2 Å². The Kier molecular flexibility index (Phi) is 8.64. The summed E-state index contributed by atoms with van der Waals surface area (Å²) >= 11 is 13.5. The number of thioether (sulfide) groups is 1. The molecule has 0 saturated carbocycles. The van der Waals surface area contributed by atoms with Crippen LogP contribution in [-0.4, -0.2) is 18.5 Å². The molecule has 0 aromatic heterocycles. The van der Waals surface area contributed by atoms with Gasteiger partial charge in [0.2, 0.25) is 0 Å². The van der Waals surface area contributed by atoms with E-state index < -0.39 is 0 Å². The summed E-state index contributed by atoms with van der Waals surface area (Å²) in [6.07, 6.45) is 1.63. The quantitative estimate of drug-likeness (QED) is 0.241. The summed E-state index contributed by atoms with van der Waals surface area (Å²) in [6.45, 7) is 0.268. The lowest BCUT2D eigenvalue weighted by atomic mass is 10.1. The zero-order valence-corrected chi connectivity index (χ0v) is 19.1.